The van der Waals surface area contributed by atoms with Crippen molar-refractivity contribution in [2.45, 2.75) is 24.1 Å². The summed E-state index contributed by atoms with van der Waals surface area (Å²) in [6.45, 7) is 0.140. The van der Waals surface area contributed by atoms with Crippen LogP contribution < -0.4 is 15.4 Å². The molecule has 1 heterocycles. The van der Waals surface area contributed by atoms with Crippen LogP contribution in [0.2, 0.25) is 0 Å². The third-order valence-electron chi connectivity index (χ3n) is 4.86. The van der Waals surface area contributed by atoms with E-state index in [0.717, 1.165) is 4.31 Å². The first kappa shape index (κ1) is 23.6. The van der Waals surface area contributed by atoms with Gasteiger partial charge in [0.05, 0.1) is 25.2 Å². The van der Waals surface area contributed by atoms with Crippen molar-refractivity contribution in [2.75, 3.05) is 26.8 Å². The first-order valence-corrected chi connectivity index (χ1v) is 11.3. The molecule has 0 radical (unpaired) electrons. The van der Waals surface area contributed by atoms with Gasteiger partial charge in [0.2, 0.25) is 10.0 Å². The Morgan fingerprint density at radius 1 is 1.12 bits per heavy atom. The second-order valence-corrected chi connectivity index (χ2v) is 8.84. The van der Waals surface area contributed by atoms with Crippen molar-refractivity contribution in [3.05, 3.63) is 59.9 Å². The molecule has 0 bridgehead atoms. The molecule has 11 heteroatoms. The number of carbonyl (C=O) groups excluding carboxylic acids is 2. The van der Waals surface area contributed by atoms with Gasteiger partial charge in [-0.3, -0.25) is 9.59 Å². The van der Waals surface area contributed by atoms with Gasteiger partial charge in [0.25, 0.3) is 0 Å². The fraction of sp³-hybridized carbons (Fsp3) is 0.333. The second-order valence-electron chi connectivity index (χ2n) is 6.95. The third kappa shape index (κ3) is 5.61. The van der Waals surface area contributed by atoms with E-state index in [4.69, 9.17) is 9.47 Å². The highest BCUT2D eigenvalue weighted by atomic mass is 32.2. The van der Waals surface area contributed by atoms with Crippen molar-refractivity contribution in [3.8, 4) is 5.75 Å². The molecule has 0 unspecified atom stereocenters. The van der Waals surface area contributed by atoms with Crippen LogP contribution in [0.3, 0.4) is 0 Å². The maximum absolute atomic E-state index is 13.6. The van der Waals surface area contributed by atoms with Gasteiger partial charge in [-0.05, 0) is 36.8 Å². The highest BCUT2D eigenvalue weighted by molar-refractivity contribution is 7.89. The highest BCUT2D eigenvalue weighted by Gasteiger charge is 2.35. The summed E-state index contributed by atoms with van der Waals surface area (Å²) in [7, 11) is -2.42. The Kier molecular flexibility index (Phi) is 7.78. The van der Waals surface area contributed by atoms with Crippen LogP contribution in [0, 0.1) is 5.82 Å². The van der Waals surface area contributed by atoms with Crippen LogP contribution in [0.4, 0.5) is 4.39 Å². The summed E-state index contributed by atoms with van der Waals surface area (Å²) in [6, 6.07) is 11.8. The van der Waals surface area contributed by atoms with Gasteiger partial charge in [0, 0.05) is 18.7 Å². The lowest BCUT2D eigenvalue weighted by Gasteiger charge is -2.34. The quantitative estimate of drug-likeness (QED) is 0.590. The minimum absolute atomic E-state index is 0.0581. The van der Waals surface area contributed by atoms with Gasteiger partial charge in [-0.15, -0.1) is 0 Å². The zero-order valence-electron chi connectivity index (χ0n) is 17.4. The Balaban J connectivity index is 1.60. The van der Waals surface area contributed by atoms with E-state index < -0.39 is 33.9 Å². The molecule has 2 aromatic rings. The Morgan fingerprint density at radius 3 is 2.50 bits per heavy atom. The monoisotopic (exact) mass is 465 g/mol. The number of rotatable bonds is 7. The van der Waals surface area contributed by atoms with E-state index in [0.29, 0.717) is 18.8 Å². The Hall–Kier alpha value is -3.02. The van der Waals surface area contributed by atoms with Crippen LogP contribution in [0.15, 0.2) is 53.4 Å². The van der Waals surface area contributed by atoms with Crippen LogP contribution in [0.5, 0.6) is 5.75 Å². The van der Waals surface area contributed by atoms with Crippen molar-refractivity contribution in [3.63, 3.8) is 0 Å². The number of methoxy groups -OCH3 is 1. The first-order chi connectivity index (χ1) is 15.3. The molecule has 172 valence electrons. The van der Waals surface area contributed by atoms with Crippen LogP contribution in [0.1, 0.15) is 12.0 Å². The fourth-order valence-corrected chi connectivity index (χ4v) is 4.71. The molecule has 1 saturated heterocycles. The molecule has 0 aliphatic carbocycles. The normalized spacial score (nSPS) is 16.9. The molecule has 2 N–H and O–H groups in total. The van der Waals surface area contributed by atoms with Crippen molar-refractivity contribution in [1.29, 1.82) is 0 Å². The van der Waals surface area contributed by atoms with E-state index in [1.807, 2.05) is 0 Å². The molecular weight excluding hydrogens is 441 g/mol. The SMILES string of the molecule is COc1ccc(S(=O)(=O)N2CCCO[C@@H]2CNC(=O)C(=O)NCc2ccccc2F)cc1. The number of amides is 2. The zero-order chi connectivity index (χ0) is 23.1. The summed E-state index contributed by atoms with van der Waals surface area (Å²) in [5.41, 5.74) is 0.237. The lowest BCUT2D eigenvalue weighted by atomic mass is 10.2. The maximum atomic E-state index is 13.6. The highest BCUT2D eigenvalue weighted by Crippen LogP contribution is 2.23. The topological polar surface area (TPSA) is 114 Å². The molecule has 2 aromatic carbocycles. The molecule has 3 rings (SSSR count). The van der Waals surface area contributed by atoms with E-state index in [-0.39, 0.29) is 30.1 Å². The van der Waals surface area contributed by atoms with Crippen LogP contribution in [-0.4, -0.2) is 57.6 Å². The number of benzene rings is 2. The lowest BCUT2D eigenvalue weighted by molar-refractivity contribution is -0.140. The summed E-state index contributed by atoms with van der Waals surface area (Å²) >= 11 is 0. The largest absolute Gasteiger partial charge is 0.497 e. The number of carbonyl (C=O) groups is 2. The number of hydrogen-bond donors (Lipinski definition) is 2. The minimum atomic E-state index is -3.90. The van der Waals surface area contributed by atoms with E-state index in [1.54, 1.807) is 6.07 Å². The van der Waals surface area contributed by atoms with Gasteiger partial charge >= 0.3 is 11.8 Å². The zero-order valence-corrected chi connectivity index (χ0v) is 18.2. The molecule has 0 spiro atoms. The van der Waals surface area contributed by atoms with Crippen molar-refractivity contribution in [2.24, 2.45) is 0 Å². The van der Waals surface area contributed by atoms with Gasteiger partial charge in [-0.1, -0.05) is 18.2 Å². The van der Waals surface area contributed by atoms with Crippen LogP contribution in [-0.2, 0) is 30.9 Å². The maximum Gasteiger partial charge on any atom is 0.309 e. The summed E-state index contributed by atoms with van der Waals surface area (Å²) in [6.07, 6.45) is -0.484. The van der Waals surface area contributed by atoms with Crippen LogP contribution >= 0.6 is 0 Å². The van der Waals surface area contributed by atoms with Crippen molar-refractivity contribution < 1.29 is 31.9 Å². The summed E-state index contributed by atoms with van der Waals surface area (Å²) in [5.74, 6) is -1.92. The number of nitrogens with zero attached hydrogens (tertiary/aromatic N) is 1. The summed E-state index contributed by atoms with van der Waals surface area (Å²) < 4.78 is 51.5. The average Bonchev–Trinajstić information content (AvgIpc) is 2.82. The fourth-order valence-electron chi connectivity index (χ4n) is 3.14. The van der Waals surface area contributed by atoms with E-state index in [2.05, 4.69) is 10.6 Å². The number of ether oxygens (including phenoxy) is 2. The smallest absolute Gasteiger partial charge is 0.309 e. The van der Waals surface area contributed by atoms with Gasteiger partial charge < -0.3 is 20.1 Å². The predicted molar refractivity (Wildman–Crippen MR) is 112 cm³/mol. The number of halogens is 1. The number of hydrogen-bond acceptors (Lipinski definition) is 6. The third-order valence-corrected chi connectivity index (χ3v) is 6.76. The summed E-state index contributed by atoms with van der Waals surface area (Å²) in [4.78, 5) is 24.2. The van der Waals surface area contributed by atoms with Crippen molar-refractivity contribution >= 4 is 21.8 Å². The van der Waals surface area contributed by atoms with Gasteiger partial charge in [0.1, 0.15) is 17.8 Å². The van der Waals surface area contributed by atoms with Gasteiger partial charge in [0.15, 0.2) is 0 Å². The molecular formula is C21H24FN3O6S. The average molecular weight is 466 g/mol. The molecule has 1 fully saturated rings. The number of sulfonamides is 1. The molecule has 0 aromatic heterocycles. The van der Waals surface area contributed by atoms with Gasteiger partial charge in [-0.25, -0.2) is 12.8 Å². The number of nitrogens with one attached hydrogen (secondary N) is 2. The summed E-state index contributed by atoms with van der Waals surface area (Å²) in [5, 5.41) is 4.71. The van der Waals surface area contributed by atoms with Crippen LogP contribution in [0.25, 0.3) is 0 Å². The molecule has 1 aliphatic heterocycles. The molecule has 9 nitrogen and oxygen atoms in total. The predicted octanol–water partition coefficient (Wildman–Crippen LogP) is 1.00. The van der Waals surface area contributed by atoms with E-state index in [1.165, 1.54) is 49.6 Å². The molecule has 1 aliphatic rings. The Labute approximate surface area is 185 Å². The molecule has 32 heavy (non-hydrogen) atoms. The van der Waals surface area contributed by atoms with Crippen molar-refractivity contribution in [1.82, 2.24) is 14.9 Å². The molecule has 1 atom stereocenters. The lowest BCUT2D eigenvalue weighted by Crippen LogP contribution is -2.53. The first-order valence-electron chi connectivity index (χ1n) is 9.90. The Bertz CT molecular complexity index is 1060. The van der Waals surface area contributed by atoms with E-state index >= 15 is 0 Å². The molecule has 0 saturated carbocycles. The van der Waals surface area contributed by atoms with Gasteiger partial charge in [-0.2, -0.15) is 4.31 Å². The Morgan fingerprint density at radius 2 is 1.81 bits per heavy atom. The second kappa shape index (κ2) is 10.5. The molecule has 2 amide bonds. The van der Waals surface area contributed by atoms with E-state index in [9.17, 15) is 22.4 Å². The standard InChI is InChI=1S/C21H24FN3O6S/c1-30-16-7-9-17(10-8-16)32(28,29)25-11-4-12-31-19(25)14-24-21(27)20(26)23-13-15-5-2-3-6-18(15)22/h2-3,5-10,19H,4,11-14H2,1H3,(H,23,26)(H,24,27)/t19-/m1/s1. The minimum Gasteiger partial charge on any atom is -0.497 e.